The molecule has 126 valence electrons. The summed E-state index contributed by atoms with van der Waals surface area (Å²) >= 11 is 3.36. The summed E-state index contributed by atoms with van der Waals surface area (Å²) in [6, 6.07) is 13.4. The maximum Gasteiger partial charge on any atom is 0.410 e. The quantitative estimate of drug-likeness (QED) is 0.824. The monoisotopic (exact) mass is 389 g/mol. The predicted molar refractivity (Wildman–Crippen MR) is 96.1 cm³/mol. The lowest BCUT2D eigenvalue weighted by Crippen LogP contribution is -2.34. The second kappa shape index (κ2) is 7.26. The molecule has 0 aromatic heterocycles. The minimum absolute atomic E-state index is 0.144. The van der Waals surface area contributed by atoms with Crippen LogP contribution in [0, 0.1) is 0 Å². The van der Waals surface area contributed by atoms with Crippen molar-refractivity contribution in [2.24, 2.45) is 0 Å². The summed E-state index contributed by atoms with van der Waals surface area (Å²) in [4.78, 5) is 14.1. The molecule has 5 heteroatoms. The first-order chi connectivity index (χ1) is 11.5. The van der Waals surface area contributed by atoms with Crippen molar-refractivity contribution in [1.82, 2.24) is 4.90 Å². The van der Waals surface area contributed by atoms with Gasteiger partial charge in [-0.3, -0.25) is 0 Å². The number of phenolic OH excluding ortho intramolecular Hbond substituents is 1. The third-order valence-corrected chi connectivity index (χ3v) is 4.98. The number of nitrogens with zero attached hydrogens (tertiary/aromatic N) is 1. The summed E-state index contributed by atoms with van der Waals surface area (Å²) in [6.07, 6.45) is 0.459. The van der Waals surface area contributed by atoms with E-state index >= 15 is 0 Å². The first-order valence-corrected chi connectivity index (χ1v) is 8.81. The fraction of sp³-hybridized carbons (Fsp3) is 0.316. The van der Waals surface area contributed by atoms with Crippen molar-refractivity contribution in [2.75, 3.05) is 13.1 Å². The van der Waals surface area contributed by atoms with Gasteiger partial charge >= 0.3 is 6.09 Å². The van der Waals surface area contributed by atoms with Crippen molar-refractivity contribution in [3.8, 4) is 5.75 Å². The molecule has 1 amide bonds. The SMILES string of the molecule is CC1CN(C(=O)OCc2ccccc2)CCc2cc(Br)c(O)cc21. The second-order valence-corrected chi connectivity index (χ2v) is 6.99. The molecule has 4 nitrogen and oxygen atoms in total. The van der Waals surface area contributed by atoms with E-state index < -0.39 is 0 Å². The Labute approximate surface area is 150 Å². The predicted octanol–water partition coefficient (Wildman–Crippen LogP) is 4.45. The molecule has 24 heavy (non-hydrogen) atoms. The highest BCUT2D eigenvalue weighted by atomic mass is 79.9. The highest BCUT2D eigenvalue weighted by Crippen LogP contribution is 2.33. The fourth-order valence-electron chi connectivity index (χ4n) is 3.05. The number of benzene rings is 2. The van der Waals surface area contributed by atoms with Gasteiger partial charge in [0.05, 0.1) is 4.47 Å². The number of phenols is 1. The molecule has 2 aromatic carbocycles. The number of carbonyl (C=O) groups is 1. The molecule has 0 saturated heterocycles. The third kappa shape index (κ3) is 3.73. The van der Waals surface area contributed by atoms with E-state index in [-0.39, 0.29) is 24.4 Å². The summed E-state index contributed by atoms with van der Waals surface area (Å²) in [7, 11) is 0. The van der Waals surface area contributed by atoms with E-state index in [1.54, 1.807) is 11.0 Å². The van der Waals surface area contributed by atoms with Crippen LogP contribution in [0.15, 0.2) is 46.9 Å². The Morgan fingerprint density at radius 2 is 2.08 bits per heavy atom. The summed E-state index contributed by atoms with van der Waals surface area (Å²) in [5, 5.41) is 9.92. The maximum absolute atomic E-state index is 12.4. The molecule has 1 aliphatic rings. The maximum atomic E-state index is 12.4. The fourth-order valence-corrected chi connectivity index (χ4v) is 3.44. The molecule has 0 bridgehead atoms. The average molecular weight is 390 g/mol. The van der Waals surface area contributed by atoms with Crippen molar-refractivity contribution in [1.29, 1.82) is 0 Å². The van der Waals surface area contributed by atoms with Gasteiger partial charge in [-0.05, 0) is 57.1 Å². The van der Waals surface area contributed by atoms with Crippen LogP contribution < -0.4 is 0 Å². The van der Waals surface area contributed by atoms with E-state index in [9.17, 15) is 9.90 Å². The molecule has 1 unspecified atom stereocenters. The number of hydrogen-bond acceptors (Lipinski definition) is 3. The molecule has 1 N–H and O–H groups in total. The molecular formula is C19H20BrNO3. The molecular weight excluding hydrogens is 370 g/mol. The first kappa shape index (κ1) is 16.8. The molecule has 1 atom stereocenters. The molecule has 1 aliphatic heterocycles. The number of halogens is 1. The van der Waals surface area contributed by atoms with Crippen molar-refractivity contribution in [3.05, 3.63) is 63.6 Å². The number of rotatable bonds is 2. The van der Waals surface area contributed by atoms with Crippen molar-refractivity contribution in [3.63, 3.8) is 0 Å². The molecule has 0 radical (unpaired) electrons. The summed E-state index contributed by atoms with van der Waals surface area (Å²) in [6.45, 7) is 3.54. The Balaban J connectivity index is 1.67. The number of hydrogen-bond donors (Lipinski definition) is 1. The first-order valence-electron chi connectivity index (χ1n) is 8.01. The lowest BCUT2D eigenvalue weighted by atomic mass is 9.95. The molecule has 1 heterocycles. The van der Waals surface area contributed by atoms with Crippen LogP contribution in [0.3, 0.4) is 0 Å². The van der Waals surface area contributed by atoms with E-state index in [1.165, 1.54) is 0 Å². The lowest BCUT2D eigenvalue weighted by molar-refractivity contribution is 0.0958. The smallest absolute Gasteiger partial charge is 0.410 e. The molecule has 0 saturated carbocycles. The van der Waals surface area contributed by atoms with Crippen LogP contribution in [0.1, 0.15) is 29.5 Å². The van der Waals surface area contributed by atoms with Gasteiger partial charge in [0.25, 0.3) is 0 Å². The Morgan fingerprint density at radius 3 is 2.83 bits per heavy atom. The summed E-state index contributed by atoms with van der Waals surface area (Å²) < 4.78 is 6.13. The lowest BCUT2D eigenvalue weighted by Gasteiger charge is -2.22. The van der Waals surface area contributed by atoms with Gasteiger partial charge in [0.2, 0.25) is 0 Å². The normalized spacial score (nSPS) is 17.1. The van der Waals surface area contributed by atoms with E-state index in [0.717, 1.165) is 23.1 Å². The van der Waals surface area contributed by atoms with Gasteiger partial charge < -0.3 is 14.7 Å². The summed E-state index contributed by atoms with van der Waals surface area (Å²) in [5.41, 5.74) is 3.23. The molecule has 2 aromatic rings. The number of fused-ring (bicyclic) bond motifs is 1. The van der Waals surface area contributed by atoms with Crippen LogP contribution in [0.2, 0.25) is 0 Å². The third-order valence-electron chi connectivity index (χ3n) is 4.35. The van der Waals surface area contributed by atoms with Crippen molar-refractivity contribution >= 4 is 22.0 Å². The van der Waals surface area contributed by atoms with Crippen LogP contribution in [0.5, 0.6) is 5.75 Å². The topological polar surface area (TPSA) is 49.8 Å². The van der Waals surface area contributed by atoms with Crippen LogP contribution in [0.25, 0.3) is 0 Å². The Kier molecular flexibility index (Phi) is 5.09. The number of amides is 1. The van der Waals surface area contributed by atoms with E-state index in [0.29, 0.717) is 17.6 Å². The highest BCUT2D eigenvalue weighted by molar-refractivity contribution is 9.10. The number of aromatic hydroxyl groups is 1. The Bertz CT molecular complexity index is 733. The minimum Gasteiger partial charge on any atom is -0.507 e. The average Bonchev–Trinajstić information content (AvgIpc) is 2.74. The van der Waals surface area contributed by atoms with Crippen LogP contribution in [0.4, 0.5) is 4.79 Å². The van der Waals surface area contributed by atoms with Crippen LogP contribution in [-0.4, -0.2) is 29.2 Å². The van der Waals surface area contributed by atoms with E-state index in [2.05, 4.69) is 22.9 Å². The molecule has 0 aliphatic carbocycles. The van der Waals surface area contributed by atoms with E-state index in [1.807, 2.05) is 36.4 Å². The van der Waals surface area contributed by atoms with Crippen LogP contribution in [-0.2, 0) is 17.8 Å². The number of ether oxygens (including phenoxy) is 1. The summed E-state index contributed by atoms with van der Waals surface area (Å²) in [5.74, 6) is 0.381. The Morgan fingerprint density at radius 1 is 1.33 bits per heavy atom. The van der Waals surface area contributed by atoms with Crippen molar-refractivity contribution in [2.45, 2.75) is 25.9 Å². The van der Waals surface area contributed by atoms with Gasteiger partial charge in [-0.15, -0.1) is 0 Å². The molecule has 0 spiro atoms. The van der Waals surface area contributed by atoms with Gasteiger partial charge in [0, 0.05) is 13.1 Å². The van der Waals surface area contributed by atoms with Gasteiger partial charge in [0.1, 0.15) is 12.4 Å². The van der Waals surface area contributed by atoms with Gasteiger partial charge in [-0.2, -0.15) is 0 Å². The zero-order valence-corrected chi connectivity index (χ0v) is 15.1. The highest BCUT2D eigenvalue weighted by Gasteiger charge is 2.25. The second-order valence-electron chi connectivity index (χ2n) is 6.14. The Hall–Kier alpha value is -2.01. The van der Waals surface area contributed by atoms with Gasteiger partial charge in [-0.25, -0.2) is 4.79 Å². The van der Waals surface area contributed by atoms with Gasteiger partial charge in [0.15, 0.2) is 0 Å². The molecule has 3 rings (SSSR count). The van der Waals surface area contributed by atoms with E-state index in [4.69, 9.17) is 4.74 Å². The van der Waals surface area contributed by atoms with Gasteiger partial charge in [-0.1, -0.05) is 37.3 Å². The largest absolute Gasteiger partial charge is 0.507 e. The minimum atomic E-state index is -0.290. The van der Waals surface area contributed by atoms with Crippen LogP contribution >= 0.6 is 15.9 Å². The zero-order chi connectivity index (χ0) is 17.1. The number of carbonyl (C=O) groups excluding carboxylic acids is 1. The van der Waals surface area contributed by atoms with Crippen molar-refractivity contribution < 1.29 is 14.6 Å². The standard InChI is InChI=1S/C19H20BrNO3/c1-13-11-21(19(23)24-12-14-5-3-2-4-6-14)8-7-15-9-17(20)18(22)10-16(13)15/h2-6,9-10,13,22H,7-8,11-12H2,1H3. The molecule has 0 fully saturated rings. The zero-order valence-electron chi connectivity index (χ0n) is 13.5.